The van der Waals surface area contributed by atoms with E-state index in [4.69, 9.17) is 5.73 Å². The van der Waals surface area contributed by atoms with Gasteiger partial charge in [-0.15, -0.1) is 0 Å². The molecule has 0 fully saturated rings. The van der Waals surface area contributed by atoms with Gasteiger partial charge in [0, 0.05) is 12.3 Å². The Labute approximate surface area is 98.1 Å². The van der Waals surface area contributed by atoms with E-state index in [9.17, 15) is 8.78 Å². The van der Waals surface area contributed by atoms with Crippen molar-refractivity contribution in [3.05, 3.63) is 65.5 Å². The molecule has 2 aromatic rings. The van der Waals surface area contributed by atoms with Crippen molar-refractivity contribution in [2.24, 2.45) is 5.73 Å². The van der Waals surface area contributed by atoms with E-state index in [1.54, 1.807) is 18.3 Å². The topological polar surface area (TPSA) is 38.9 Å². The molecule has 0 amide bonds. The standard InChI is InChI=1S/C13H12F2N2/c14-10-5-4-9(11(15)8-10)7-12(16)13-3-1-2-6-17-13/h1-6,8,12H,7,16H2. The van der Waals surface area contributed by atoms with Crippen LogP contribution in [0.15, 0.2) is 42.6 Å². The van der Waals surface area contributed by atoms with Gasteiger partial charge in [-0.25, -0.2) is 8.78 Å². The minimum absolute atomic E-state index is 0.295. The first-order chi connectivity index (χ1) is 8.16. The van der Waals surface area contributed by atoms with Crippen LogP contribution in [0.4, 0.5) is 8.78 Å². The highest BCUT2D eigenvalue weighted by atomic mass is 19.1. The molecule has 2 rings (SSSR count). The predicted octanol–water partition coefficient (Wildman–Crippen LogP) is 2.60. The molecule has 0 aliphatic rings. The van der Waals surface area contributed by atoms with Crippen LogP contribution in [0.2, 0.25) is 0 Å². The van der Waals surface area contributed by atoms with Gasteiger partial charge < -0.3 is 5.73 Å². The molecule has 1 heterocycles. The molecule has 1 atom stereocenters. The lowest BCUT2D eigenvalue weighted by molar-refractivity contribution is 0.561. The predicted molar refractivity (Wildman–Crippen MR) is 61.2 cm³/mol. The summed E-state index contributed by atoms with van der Waals surface area (Å²) in [4.78, 5) is 4.10. The van der Waals surface area contributed by atoms with Gasteiger partial charge in [0.25, 0.3) is 0 Å². The van der Waals surface area contributed by atoms with E-state index in [1.165, 1.54) is 12.1 Å². The summed E-state index contributed by atoms with van der Waals surface area (Å²) in [5, 5.41) is 0. The fourth-order valence-corrected chi connectivity index (χ4v) is 1.62. The van der Waals surface area contributed by atoms with Crippen molar-refractivity contribution in [1.82, 2.24) is 4.98 Å². The maximum absolute atomic E-state index is 13.4. The molecule has 2 nitrogen and oxygen atoms in total. The molecule has 0 saturated heterocycles. The maximum Gasteiger partial charge on any atom is 0.129 e. The van der Waals surface area contributed by atoms with Crippen molar-refractivity contribution in [3.8, 4) is 0 Å². The van der Waals surface area contributed by atoms with Crippen molar-refractivity contribution in [1.29, 1.82) is 0 Å². The molecule has 4 heteroatoms. The lowest BCUT2D eigenvalue weighted by Crippen LogP contribution is -2.15. The van der Waals surface area contributed by atoms with Crippen LogP contribution >= 0.6 is 0 Å². The first kappa shape index (κ1) is 11.7. The smallest absolute Gasteiger partial charge is 0.129 e. The Kier molecular flexibility index (Phi) is 3.44. The summed E-state index contributed by atoms with van der Waals surface area (Å²) in [7, 11) is 0. The van der Waals surface area contributed by atoms with Crippen LogP contribution in [-0.4, -0.2) is 4.98 Å². The molecule has 17 heavy (non-hydrogen) atoms. The SMILES string of the molecule is NC(Cc1ccc(F)cc1F)c1ccccn1. The highest BCUT2D eigenvalue weighted by Gasteiger charge is 2.11. The minimum Gasteiger partial charge on any atom is -0.322 e. The average Bonchev–Trinajstić information content (AvgIpc) is 2.34. The third-order valence-electron chi connectivity index (χ3n) is 2.52. The molecule has 0 saturated carbocycles. The Hall–Kier alpha value is -1.81. The van der Waals surface area contributed by atoms with Crippen molar-refractivity contribution in [2.45, 2.75) is 12.5 Å². The maximum atomic E-state index is 13.4. The zero-order valence-electron chi connectivity index (χ0n) is 9.11. The first-order valence-corrected chi connectivity index (χ1v) is 5.27. The van der Waals surface area contributed by atoms with E-state index < -0.39 is 17.7 Å². The van der Waals surface area contributed by atoms with E-state index in [-0.39, 0.29) is 0 Å². The molecule has 1 aromatic heterocycles. The second-order valence-electron chi connectivity index (χ2n) is 3.80. The van der Waals surface area contributed by atoms with Crippen LogP contribution in [0.5, 0.6) is 0 Å². The minimum atomic E-state index is -0.586. The Morgan fingerprint density at radius 1 is 1.18 bits per heavy atom. The van der Waals surface area contributed by atoms with Crippen LogP contribution in [0, 0.1) is 11.6 Å². The number of pyridine rings is 1. The second-order valence-corrected chi connectivity index (χ2v) is 3.80. The zero-order chi connectivity index (χ0) is 12.3. The van der Waals surface area contributed by atoms with Gasteiger partial charge in [-0.3, -0.25) is 4.98 Å². The highest BCUT2D eigenvalue weighted by Crippen LogP contribution is 2.17. The summed E-state index contributed by atoms with van der Waals surface area (Å²) < 4.78 is 26.1. The molecule has 0 spiro atoms. The van der Waals surface area contributed by atoms with Gasteiger partial charge in [0.2, 0.25) is 0 Å². The van der Waals surface area contributed by atoms with Gasteiger partial charge >= 0.3 is 0 Å². The van der Waals surface area contributed by atoms with E-state index in [0.717, 1.165) is 6.07 Å². The molecule has 0 aliphatic heterocycles. The molecule has 1 aromatic carbocycles. The van der Waals surface area contributed by atoms with E-state index in [0.29, 0.717) is 17.7 Å². The van der Waals surface area contributed by atoms with Crippen LogP contribution < -0.4 is 5.73 Å². The van der Waals surface area contributed by atoms with E-state index in [2.05, 4.69) is 4.98 Å². The lowest BCUT2D eigenvalue weighted by atomic mass is 10.0. The summed E-state index contributed by atoms with van der Waals surface area (Å²) >= 11 is 0. The molecule has 2 N–H and O–H groups in total. The normalized spacial score (nSPS) is 12.4. The fraction of sp³-hybridized carbons (Fsp3) is 0.154. The number of rotatable bonds is 3. The van der Waals surface area contributed by atoms with Gasteiger partial charge in [0.1, 0.15) is 11.6 Å². The number of halogens is 2. The average molecular weight is 234 g/mol. The molecule has 0 bridgehead atoms. The number of nitrogens with zero attached hydrogens (tertiary/aromatic N) is 1. The third kappa shape index (κ3) is 2.85. The summed E-state index contributed by atoms with van der Waals surface area (Å²) in [6, 6.07) is 8.50. The number of aromatic nitrogens is 1. The molecule has 0 radical (unpaired) electrons. The Morgan fingerprint density at radius 3 is 2.65 bits per heavy atom. The third-order valence-corrected chi connectivity index (χ3v) is 2.52. The van der Waals surface area contributed by atoms with Gasteiger partial charge in [-0.05, 0) is 30.2 Å². The number of hydrogen-bond donors (Lipinski definition) is 1. The Bertz CT molecular complexity index is 500. The van der Waals surface area contributed by atoms with Crippen LogP contribution in [-0.2, 0) is 6.42 Å². The molecule has 0 aliphatic carbocycles. The first-order valence-electron chi connectivity index (χ1n) is 5.27. The fourth-order valence-electron chi connectivity index (χ4n) is 1.62. The van der Waals surface area contributed by atoms with E-state index >= 15 is 0 Å². The van der Waals surface area contributed by atoms with Gasteiger partial charge in [-0.2, -0.15) is 0 Å². The van der Waals surface area contributed by atoms with Crippen molar-refractivity contribution in [3.63, 3.8) is 0 Å². The molecule has 1 unspecified atom stereocenters. The Balaban J connectivity index is 2.16. The number of hydrogen-bond acceptors (Lipinski definition) is 2. The second kappa shape index (κ2) is 5.01. The summed E-state index contributed by atoms with van der Waals surface area (Å²) in [6.07, 6.45) is 1.93. The van der Waals surface area contributed by atoms with Crippen molar-refractivity contribution in [2.75, 3.05) is 0 Å². The highest BCUT2D eigenvalue weighted by molar-refractivity contribution is 5.21. The van der Waals surface area contributed by atoms with Gasteiger partial charge in [0.15, 0.2) is 0 Å². The molecular weight excluding hydrogens is 222 g/mol. The monoisotopic (exact) mass is 234 g/mol. The molecular formula is C13H12F2N2. The van der Waals surface area contributed by atoms with Crippen molar-refractivity contribution >= 4 is 0 Å². The number of nitrogens with two attached hydrogens (primary N) is 1. The van der Waals surface area contributed by atoms with Crippen LogP contribution in [0.3, 0.4) is 0 Å². The quantitative estimate of drug-likeness (QED) is 0.886. The lowest BCUT2D eigenvalue weighted by Gasteiger charge is -2.11. The van der Waals surface area contributed by atoms with E-state index in [1.807, 2.05) is 6.07 Å². The van der Waals surface area contributed by atoms with Crippen LogP contribution in [0.1, 0.15) is 17.3 Å². The molecule has 88 valence electrons. The summed E-state index contributed by atoms with van der Waals surface area (Å²) in [5.74, 6) is -1.16. The summed E-state index contributed by atoms with van der Waals surface area (Å²) in [5.41, 5.74) is 7.00. The number of benzene rings is 1. The largest absolute Gasteiger partial charge is 0.322 e. The Morgan fingerprint density at radius 2 is 2.00 bits per heavy atom. The van der Waals surface area contributed by atoms with Gasteiger partial charge in [0.05, 0.1) is 11.7 Å². The van der Waals surface area contributed by atoms with Gasteiger partial charge in [-0.1, -0.05) is 12.1 Å². The van der Waals surface area contributed by atoms with Crippen molar-refractivity contribution < 1.29 is 8.78 Å². The summed E-state index contributed by atoms with van der Waals surface area (Å²) in [6.45, 7) is 0. The van der Waals surface area contributed by atoms with Crippen LogP contribution in [0.25, 0.3) is 0 Å². The zero-order valence-corrected chi connectivity index (χ0v) is 9.11.